The third-order valence-electron chi connectivity index (χ3n) is 2.96. The first-order valence-electron chi connectivity index (χ1n) is 6.46. The van der Waals surface area contributed by atoms with Crippen molar-refractivity contribution in [2.24, 2.45) is 5.92 Å². The molecule has 0 atom stereocenters. The first kappa shape index (κ1) is 15.8. The Morgan fingerprint density at radius 1 is 1.32 bits per heavy atom. The fourth-order valence-corrected chi connectivity index (χ4v) is 1.67. The molecule has 1 amide bonds. The molecule has 1 aliphatic carbocycles. The summed E-state index contributed by atoms with van der Waals surface area (Å²) in [5.74, 6) is 1.30. The summed E-state index contributed by atoms with van der Waals surface area (Å²) >= 11 is 0. The molecular formula is C14H21ClN2O2. The molecule has 0 saturated heterocycles. The molecule has 19 heavy (non-hydrogen) atoms. The molecule has 0 aromatic heterocycles. The minimum atomic E-state index is -0.0725. The average Bonchev–Trinajstić information content (AvgIpc) is 3.21. The van der Waals surface area contributed by atoms with Gasteiger partial charge in [0.05, 0.1) is 12.2 Å². The molecule has 1 aliphatic rings. The molecule has 0 heterocycles. The number of para-hydroxylation sites is 1. The third-order valence-corrected chi connectivity index (χ3v) is 2.96. The van der Waals surface area contributed by atoms with E-state index >= 15 is 0 Å². The van der Waals surface area contributed by atoms with Crippen molar-refractivity contribution >= 4 is 18.3 Å². The summed E-state index contributed by atoms with van der Waals surface area (Å²) in [6, 6.07) is 7.41. The molecule has 0 bridgehead atoms. The van der Waals surface area contributed by atoms with Gasteiger partial charge in [0.2, 0.25) is 0 Å². The second-order valence-electron chi connectivity index (χ2n) is 4.61. The van der Waals surface area contributed by atoms with E-state index in [0.717, 1.165) is 13.2 Å². The van der Waals surface area contributed by atoms with Crippen molar-refractivity contribution in [1.29, 1.82) is 0 Å². The van der Waals surface area contributed by atoms with Gasteiger partial charge in [-0.05, 0) is 37.9 Å². The summed E-state index contributed by atoms with van der Waals surface area (Å²) in [6.07, 6.45) is 2.49. The SMILES string of the molecule is CNCCNC(=O)c1ccccc1OCC1CC1.Cl. The maximum atomic E-state index is 12.0. The first-order valence-corrected chi connectivity index (χ1v) is 6.46. The summed E-state index contributed by atoms with van der Waals surface area (Å²) in [5.41, 5.74) is 0.620. The van der Waals surface area contributed by atoms with E-state index < -0.39 is 0 Å². The highest BCUT2D eigenvalue weighted by Crippen LogP contribution is 2.30. The van der Waals surface area contributed by atoms with Gasteiger partial charge in [0.1, 0.15) is 5.75 Å². The Balaban J connectivity index is 0.00000180. The number of carbonyl (C=O) groups excluding carboxylic acids is 1. The average molecular weight is 285 g/mol. The van der Waals surface area contributed by atoms with Gasteiger partial charge in [0.25, 0.3) is 5.91 Å². The summed E-state index contributed by atoms with van der Waals surface area (Å²) in [7, 11) is 1.86. The number of nitrogens with one attached hydrogen (secondary N) is 2. The largest absolute Gasteiger partial charge is 0.492 e. The topological polar surface area (TPSA) is 50.4 Å². The second-order valence-corrected chi connectivity index (χ2v) is 4.61. The maximum Gasteiger partial charge on any atom is 0.255 e. The van der Waals surface area contributed by atoms with Crippen LogP contribution in [0.25, 0.3) is 0 Å². The van der Waals surface area contributed by atoms with E-state index in [1.165, 1.54) is 12.8 Å². The zero-order valence-electron chi connectivity index (χ0n) is 11.1. The monoisotopic (exact) mass is 284 g/mol. The standard InChI is InChI=1S/C14H20N2O2.ClH/c1-15-8-9-16-14(17)12-4-2-3-5-13(12)18-10-11-6-7-11;/h2-5,11,15H,6-10H2,1H3,(H,16,17);1H. The van der Waals surface area contributed by atoms with E-state index in [0.29, 0.717) is 23.8 Å². The number of amides is 1. The van der Waals surface area contributed by atoms with Crippen LogP contribution in [-0.2, 0) is 0 Å². The molecule has 1 saturated carbocycles. The first-order chi connectivity index (χ1) is 8.81. The van der Waals surface area contributed by atoms with Crippen LogP contribution in [0, 0.1) is 5.92 Å². The van der Waals surface area contributed by atoms with Gasteiger partial charge < -0.3 is 15.4 Å². The Morgan fingerprint density at radius 3 is 2.74 bits per heavy atom. The molecule has 0 aliphatic heterocycles. The van der Waals surface area contributed by atoms with Gasteiger partial charge in [0, 0.05) is 13.1 Å². The van der Waals surface area contributed by atoms with Gasteiger partial charge in [-0.15, -0.1) is 12.4 Å². The van der Waals surface area contributed by atoms with Crippen LogP contribution in [0.2, 0.25) is 0 Å². The fourth-order valence-electron chi connectivity index (χ4n) is 1.67. The van der Waals surface area contributed by atoms with Gasteiger partial charge in [-0.25, -0.2) is 0 Å². The van der Waals surface area contributed by atoms with E-state index in [9.17, 15) is 4.79 Å². The minimum Gasteiger partial charge on any atom is -0.492 e. The van der Waals surface area contributed by atoms with Crippen molar-refractivity contribution in [1.82, 2.24) is 10.6 Å². The predicted molar refractivity (Wildman–Crippen MR) is 78.2 cm³/mol. The van der Waals surface area contributed by atoms with Crippen molar-refractivity contribution in [3.05, 3.63) is 29.8 Å². The Hall–Kier alpha value is -1.26. The zero-order valence-corrected chi connectivity index (χ0v) is 12.0. The molecule has 1 aromatic carbocycles. The lowest BCUT2D eigenvalue weighted by Crippen LogP contribution is -2.30. The predicted octanol–water partition coefficient (Wildman–Crippen LogP) is 1.85. The lowest BCUT2D eigenvalue weighted by atomic mass is 10.2. The maximum absolute atomic E-state index is 12.0. The number of rotatable bonds is 7. The minimum absolute atomic E-state index is 0. The van der Waals surface area contributed by atoms with E-state index in [1.807, 2.05) is 25.2 Å². The number of halogens is 1. The van der Waals surface area contributed by atoms with Crippen LogP contribution in [0.15, 0.2) is 24.3 Å². The highest BCUT2D eigenvalue weighted by atomic mass is 35.5. The van der Waals surface area contributed by atoms with Gasteiger partial charge in [-0.2, -0.15) is 0 Å². The highest BCUT2D eigenvalue weighted by Gasteiger charge is 2.22. The Bertz CT molecular complexity index is 408. The van der Waals surface area contributed by atoms with Crippen molar-refractivity contribution in [2.75, 3.05) is 26.7 Å². The lowest BCUT2D eigenvalue weighted by molar-refractivity contribution is 0.0950. The number of benzene rings is 1. The molecule has 4 nitrogen and oxygen atoms in total. The fraction of sp³-hybridized carbons (Fsp3) is 0.500. The van der Waals surface area contributed by atoms with Gasteiger partial charge in [0.15, 0.2) is 0 Å². The third kappa shape index (κ3) is 5.09. The van der Waals surface area contributed by atoms with Crippen molar-refractivity contribution in [3.8, 4) is 5.75 Å². The number of hydrogen-bond donors (Lipinski definition) is 2. The molecule has 0 unspecified atom stereocenters. The molecule has 0 spiro atoms. The molecular weight excluding hydrogens is 264 g/mol. The lowest BCUT2D eigenvalue weighted by Gasteiger charge is -2.11. The van der Waals surface area contributed by atoms with E-state index in [2.05, 4.69) is 10.6 Å². The van der Waals surface area contributed by atoms with Gasteiger partial charge in [-0.1, -0.05) is 12.1 Å². The van der Waals surface area contributed by atoms with Crippen LogP contribution in [-0.4, -0.2) is 32.7 Å². The zero-order chi connectivity index (χ0) is 12.8. The molecule has 106 valence electrons. The van der Waals surface area contributed by atoms with Crippen LogP contribution in [0.3, 0.4) is 0 Å². The summed E-state index contributed by atoms with van der Waals surface area (Å²) in [4.78, 5) is 12.0. The molecule has 1 aromatic rings. The summed E-state index contributed by atoms with van der Waals surface area (Å²) in [5, 5.41) is 5.85. The Labute approximate surface area is 120 Å². The van der Waals surface area contributed by atoms with Crippen LogP contribution in [0.4, 0.5) is 0 Å². The molecule has 1 fully saturated rings. The van der Waals surface area contributed by atoms with Gasteiger partial charge >= 0.3 is 0 Å². The normalized spacial score (nSPS) is 13.5. The summed E-state index contributed by atoms with van der Waals surface area (Å²) < 4.78 is 5.71. The van der Waals surface area contributed by atoms with Crippen molar-refractivity contribution in [3.63, 3.8) is 0 Å². The van der Waals surface area contributed by atoms with Crippen molar-refractivity contribution < 1.29 is 9.53 Å². The molecule has 2 N–H and O–H groups in total. The van der Waals surface area contributed by atoms with E-state index in [4.69, 9.17) is 4.74 Å². The number of likely N-dealkylation sites (N-methyl/N-ethyl adjacent to an activating group) is 1. The number of carbonyl (C=O) groups is 1. The van der Waals surface area contributed by atoms with Crippen molar-refractivity contribution in [2.45, 2.75) is 12.8 Å². The Kier molecular flexibility index (Phi) is 6.67. The van der Waals surface area contributed by atoms with Gasteiger partial charge in [-0.3, -0.25) is 4.79 Å². The van der Waals surface area contributed by atoms with Crippen LogP contribution >= 0.6 is 12.4 Å². The summed E-state index contributed by atoms with van der Waals surface area (Å²) in [6.45, 7) is 2.10. The van der Waals surface area contributed by atoms with E-state index in [-0.39, 0.29) is 18.3 Å². The van der Waals surface area contributed by atoms with Crippen LogP contribution in [0.5, 0.6) is 5.75 Å². The van der Waals surface area contributed by atoms with Crippen LogP contribution in [0.1, 0.15) is 23.2 Å². The molecule has 2 rings (SSSR count). The molecule has 5 heteroatoms. The number of hydrogen-bond acceptors (Lipinski definition) is 3. The van der Waals surface area contributed by atoms with E-state index in [1.54, 1.807) is 6.07 Å². The highest BCUT2D eigenvalue weighted by molar-refractivity contribution is 5.96. The van der Waals surface area contributed by atoms with Crippen LogP contribution < -0.4 is 15.4 Å². The quantitative estimate of drug-likeness (QED) is 0.751. The Morgan fingerprint density at radius 2 is 2.05 bits per heavy atom. The molecule has 0 radical (unpaired) electrons. The number of ether oxygens (including phenoxy) is 1. The smallest absolute Gasteiger partial charge is 0.255 e. The second kappa shape index (κ2) is 8.02.